The summed E-state index contributed by atoms with van der Waals surface area (Å²) in [4.78, 5) is 15.6. The third kappa shape index (κ3) is 5.69. The second kappa shape index (κ2) is 14.0. The first kappa shape index (κ1) is 35.2. The summed E-state index contributed by atoms with van der Waals surface area (Å²) in [6.45, 7) is 0. The minimum atomic E-state index is 0.511. The van der Waals surface area contributed by atoms with Crippen molar-refractivity contribution in [3.8, 4) is 62.1 Å². The average Bonchev–Trinajstić information content (AvgIpc) is 4.04. The molecule has 0 N–H and O–H groups in total. The summed E-state index contributed by atoms with van der Waals surface area (Å²) < 4.78 is 15.6. The first-order valence-corrected chi connectivity index (χ1v) is 21.1. The number of fused-ring (bicyclic) bond motifs is 9. The third-order valence-corrected chi connectivity index (χ3v) is 12.3. The third-order valence-electron chi connectivity index (χ3n) is 12.3. The van der Waals surface area contributed by atoms with Crippen LogP contribution in [0.1, 0.15) is 0 Å². The monoisotopic (exact) mass is 806 g/mol. The number of hydrogen-bond donors (Lipinski definition) is 0. The first-order chi connectivity index (χ1) is 31.2. The van der Waals surface area contributed by atoms with Crippen LogP contribution in [0.5, 0.6) is 0 Å². The van der Waals surface area contributed by atoms with E-state index in [1.54, 1.807) is 0 Å². The molecule has 6 heteroatoms. The second-order valence-electron chi connectivity index (χ2n) is 15.9. The lowest BCUT2D eigenvalue weighted by atomic mass is 10.0. The molecule has 4 heterocycles. The van der Waals surface area contributed by atoms with Crippen molar-refractivity contribution in [1.29, 1.82) is 0 Å². The van der Waals surface area contributed by atoms with E-state index in [2.05, 4.69) is 168 Å². The summed E-state index contributed by atoms with van der Waals surface area (Å²) in [6.07, 6.45) is 0. The van der Waals surface area contributed by atoms with Crippen molar-refractivity contribution in [2.45, 2.75) is 0 Å². The molecule has 0 bridgehead atoms. The van der Waals surface area contributed by atoms with Crippen LogP contribution in [0.4, 0.5) is 0 Å². The first-order valence-electron chi connectivity index (χ1n) is 21.1. The molecule has 0 saturated carbocycles. The summed E-state index contributed by atoms with van der Waals surface area (Å²) in [6, 6.07) is 71.6. The summed E-state index contributed by atoms with van der Waals surface area (Å²) in [5.41, 5.74) is 13.4. The van der Waals surface area contributed by atoms with E-state index < -0.39 is 0 Å². The van der Waals surface area contributed by atoms with Crippen LogP contribution in [-0.2, 0) is 0 Å². The molecule has 0 saturated heterocycles. The lowest BCUT2D eigenvalue weighted by Gasteiger charge is -2.10. The Morgan fingerprint density at radius 1 is 0.302 bits per heavy atom. The molecule has 0 fully saturated rings. The zero-order chi connectivity index (χ0) is 41.4. The van der Waals surface area contributed by atoms with E-state index in [4.69, 9.17) is 23.8 Å². The zero-order valence-electron chi connectivity index (χ0n) is 33.7. The van der Waals surface area contributed by atoms with Gasteiger partial charge in [0.15, 0.2) is 17.5 Å². The molecule has 13 aromatic rings. The maximum Gasteiger partial charge on any atom is 0.167 e. The molecule has 294 valence electrons. The molecule has 6 nitrogen and oxygen atoms in total. The summed E-state index contributed by atoms with van der Waals surface area (Å²) in [5, 5.41) is 6.51. The highest BCUT2D eigenvalue weighted by molar-refractivity contribution is 6.13. The number of para-hydroxylation sites is 5. The quantitative estimate of drug-likeness (QED) is 0.167. The molecule has 0 aliphatic carbocycles. The fraction of sp³-hybridized carbons (Fsp3) is 0. The molecule has 0 aliphatic heterocycles. The van der Waals surface area contributed by atoms with Crippen LogP contribution in [0, 0.1) is 0 Å². The standard InChI is InChI=1S/C57H34N4O2/c1-3-14-35(15-4-1)36-16-11-17-39(32-36)55-58-56(46-24-12-22-44-43-21-8-10-27-51(43)62-53(44)46)60-57(59-55)47-25-13-23-45-48-33-37(29-31-52(48)63-54(45)47)38-28-30-42-41-20-7-9-26-49(41)61(50(42)34-38)40-18-5-2-6-19-40/h1-34H. The van der Waals surface area contributed by atoms with E-state index >= 15 is 0 Å². The van der Waals surface area contributed by atoms with Crippen LogP contribution >= 0.6 is 0 Å². The Hall–Kier alpha value is -8.61. The molecule has 13 rings (SSSR count). The van der Waals surface area contributed by atoms with Crippen molar-refractivity contribution in [2.75, 3.05) is 0 Å². The minimum absolute atomic E-state index is 0.511. The Balaban J connectivity index is 0.983. The van der Waals surface area contributed by atoms with Crippen LogP contribution in [-0.4, -0.2) is 19.5 Å². The number of benzene rings is 9. The van der Waals surface area contributed by atoms with Gasteiger partial charge in [-0.05, 0) is 82.9 Å². The van der Waals surface area contributed by atoms with Gasteiger partial charge in [-0.15, -0.1) is 0 Å². The van der Waals surface area contributed by atoms with Crippen LogP contribution in [0.2, 0.25) is 0 Å². The number of furan rings is 2. The summed E-state index contributed by atoms with van der Waals surface area (Å²) in [5.74, 6) is 1.58. The Bertz CT molecular complexity index is 3920. The number of hydrogen-bond acceptors (Lipinski definition) is 5. The molecule has 0 amide bonds. The zero-order valence-corrected chi connectivity index (χ0v) is 33.7. The molecule has 4 aromatic heterocycles. The van der Waals surface area contributed by atoms with Crippen LogP contribution in [0.25, 0.3) is 128 Å². The maximum absolute atomic E-state index is 6.77. The Kier molecular flexibility index (Phi) is 7.80. The van der Waals surface area contributed by atoms with E-state index in [1.807, 2.05) is 42.5 Å². The lowest BCUT2D eigenvalue weighted by Crippen LogP contribution is -2.00. The van der Waals surface area contributed by atoms with Gasteiger partial charge >= 0.3 is 0 Å². The number of rotatable bonds is 6. The Morgan fingerprint density at radius 2 is 0.825 bits per heavy atom. The van der Waals surface area contributed by atoms with E-state index in [-0.39, 0.29) is 0 Å². The van der Waals surface area contributed by atoms with Gasteiger partial charge in [-0.3, -0.25) is 0 Å². The van der Waals surface area contributed by atoms with Crippen molar-refractivity contribution < 1.29 is 8.83 Å². The van der Waals surface area contributed by atoms with Gasteiger partial charge in [0, 0.05) is 43.6 Å². The lowest BCUT2D eigenvalue weighted by molar-refractivity contribution is 0.669. The fourth-order valence-corrected chi connectivity index (χ4v) is 9.30. The van der Waals surface area contributed by atoms with Gasteiger partial charge in [0.1, 0.15) is 22.3 Å². The molecule has 63 heavy (non-hydrogen) atoms. The van der Waals surface area contributed by atoms with Crippen LogP contribution in [0.3, 0.4) is 0 Å². The van der Waals surface area contributed by atoms with E-state index in [0.717, 1.165) is 88.4 Å². The highest BCUT2D eigenvalue weighted by Gasteiger charge is 2.21. The fourth-order valence-electron chi connectivity index (χ4n) is 9.30. The van der Waals surface area contributed by atoms with Gasteiger partial charge in [-0.2, -0.15) is 0 Å². The van der Waals surface area contributed by atoms with Crippen LogP contribution in [0.15, 0.2) is 215 Å². The van der Waals surface area contributed by atoms with Gasteiger partial charge in [0.25, 0.3) is 0 Å². The molecule has 0 spiro atoms. The van der Waals surface area contributed by atoms with E-state index in [9.17, 15) is 0 Å². The Morgan fingerprint density at radius 3 is 1.60 bits per heavy atom. The van der Waals surface area contributed by atoms with Gasteiger partial charge < -0.3 is 13.4 Å². The van der Waals surface area contributed by atoms with Crippen molar-refractivity contribution in [1.82, 2.24) is 19.5 Å². The van der Waals surface area contributed by atoms with E-state index in [0.29, 0.717) is 23.1 Å². The maximum atomic E-state index is 6.77. The highest BCUT2D eigenvalue weighted by Crippen LogP contribution is 2.41. The van der Waals surface area contributed by atoms with Crippen molar-refractivity contribution in [3.63, 3.8) is 0 Å². The highest BCUT2D eigenvalue weighted by atomic mass is 16.3. The normalized spacial score (nSPS) is 11.8. The largest absolute Gasteiger partial charge is 0.455 e. The molecule has 0 radical (unpaired) electrons. The minimum Gasteiger partial charge on any atom is -0.455 e. The molecular weight excluding hydrogens is 773 g/mol. The molecule has 0 atom stereocenters. The summed E-state index contributed by atoms with van der Waals surface area (Å²) in [7, 11) is 0. The molecule has 0 aliphatic rings. The molecular formula is C57H34N4O2. The predicted octanol–water partition coefficient (Wildman–Crippen LogP) is 15.1. The molecule has 0 unspecified atom stereocenters. The number of nitrogens with zero attached hydrogens (tertiary/aromatic N) is 4. The van der Waals surface area contributed by atoms with Crippen LogP contribution < -0.4 is 0 Å². The van der Waals surface area contributed by atoms with E-state index in [1.165, 1.54) is 16.3 Å². The smallest absolute Gasteiger partial charge is 0.167 e. The van der Waals surface area contributed by atoms with Gasteiger partial charge in [-0.25, -0.2) is 15.0 Å². The summed E-state index contributed by atoms with van der Waals surface area (Å²) >= 11 is 0. The van der Waals surface area contributed by atoms with Crippen molar-refractivity contribution >= 4 is 65.7 Å². The van der Waals surface area contributed by atoms with Gasteiger partial charge in [0.05, 0.1) is 22.2 Å². The average molecular weight is 807 g/mol. The topological polar surface area (TPSA) is 69.9 Å². The van der Waals surface area contributed by atoms with Gasteiger partial charge in [0.2, 0.25) is 0 Å². The molecule has 9 aromatic carbocycles. The van der Waals surface area contributed by atoms with Crippen molar-refractivity contribution in [3.05, 3.63) is 206 Å². The Labute approximate surface area is 361 Å². The van der Waals surface area contributed by atoms with Gasteiger partial charge in [-0.1, -0.05) is 146 Å². The SMILES string of the molecule is c1ccc(-c2cccc(-c3nc(-c4cccc5c4oc4ccccc45)nc(-c4cccc5c4oc4ccc(-c6ccc7c8ccccc8n(-c8ccccc8)c7c6)cc45)n3)c2)cc1. The predicted molar refractivity (Wildman–Crippen MR) is 256 cm³/mol. The number of aromatic nitrogens is 4. The second-order valence-corrected chi connectivity index (χ2v) is 15.9. The van der Waals surface area contributed by atoms with Crippen molar-refractivity contribution in [2.24, 2.45) is 0 Å².